The van der Waals surface area contributed by atoms with Crippen LogP contribution in [0.1, 0.15) is 0 Å². The van der Waals surface area contributed by atoms with Gasteiger partial charge >= 0.3 is 5.97 Å². The first-order chi connectivity index (χ1) is 4.20. The molecule has 0 atom stereocenters. The van der Waals surface area contributed by atoms with Crippen LogP contribution in [0.4, 0.5) is 0 Å². The molecule has 0 aliphatic rings. The summed E-state index contributed by atoms with van der Waals surface area (Å²) in [6.45, 7) is -0.576. The van der Waals surface area contributed by atoms with Gasteiger partial charge in [0.1, 0.15) is 6.54 Å². The number of aliphatic carboxylic acids is 1. The van der Waals surface area contributed by atoms with Crippen LogP contribution in [0.3, 0.4) is 0 Å². The maximum atomic E-state index is 9.77. The maximum Gasteiger partial charge on any atom is 0.323 e. The van der Waals surface area contributed by atoms with E-state index in [0.717, 1.165) is 0 Å². The van der Waals surface area contributed by atoms with Gasteiger partial charge in [0.15, 0.2) is 0 Å². The van der Waals surface area contributed by atoms with E-state index in [9.17, 15) is 14.4 Å². The first kappa shape index (κ1) is 7.61. The largest absolute Gasteiger partial charge is 0.480 e. The van der Waals surface area contributed by atoms with Gasteiger partial charge in [-0.2, -0.15) is 0 Å². The SMILES string of the molecule is O=CN(C=O)CC(=O)O. The lowest BCUT2D eigenvalue weighted by Crippen LogP contribution is -2.26. The Hall–Kier alpha value is -1.39. The Labute approximate surface area is 50.9 Å². The molecule has 0 heterocycles. The molecule has 1 N–H and O–H groups in total. The molecule has 50 valence electrons. The fraction of sp³-hybridized carbons (Fsp3) is 0.250. The lowest BCUT2D eigenvalue weighted by Gasteiger charge is -2.01. The number of hydrogen-bond acceptors (Lipinski definition) is 3. The summed E-state index contributed by atoms with van der Waals surface area (Å²) in [5, 5.41) is 7.99. The van der Waals surface area contributed by atoms with Crippen molar-refractivity contribution in [1.29, 1.82) is 0 Å². The van der Waals surface area contributed by atoms with Crippen molar-refractivity contribution in [1.82, 2.24) is 4.90 Å². The number of nitrogens with zero attached hydrogens (tertiary/aromatic N) is 1. The van der Waals surface area contributed by atoms with Gasteiger partial charge in [0, 0.05) is 0 Å². The average molecular weight is 131 g/mol. The molecule has 5 nitrogen and oxygen atoms in total. The Morgan fingerprint density at radius 2 is 1.89 bits per heavy atom. The molecule has 5 heteroatoms. The smallest absolute Gasteiger partial charge is 0.323 e. The third-order valence-corrected chi connectivity index (χ3v) is 0.589. The normalized spacial score (nSPS) is 8.00. The molecule has 0 fully saturated rings. The van der Waals surface area contributed by atoms with Crippen LogP contribution in [0.15, 0.2) is 0 Å². The van der Waals surface area contributed by atoms with Crippen molar-refractivity contribution in [3.05, 3.63) is 0 Å². The number of rotatable bonds is 4. The first-order valence-corrected chi connectivity index (χ1v) is 2.09. The molecule has 0 rings (SSSR count). The van der Waals surface area contributed by atoms with Crippen molar-refractivity contribution in [3.8, 4) is 0 Å². The maximum absolute atomic E-state index is 9.77. The average Bonchev–Trinajstić information content (AvgIpc) is 1.82. The molecule has 0 bridgehead atoms. The van der Waals surface area contributed by atoms with E-state index in [4.69, 9.17) is 5.11 Å². The Bertz CT molecular complexity index is 125. The highest BCUT2D eigenvalue weighted by molar-refractivity contribution is 5.78. The van der Waals surface area contributed by atoms with E-state index in [1.807, 2.05) is 0 Å². The van der Waals surface area contributed by atoms with E-state index in [2.05, 4.69) is 0 Å². The molecule has 0 spiro atoms. The number of carbonyl (C=O) groups is 3. The van der Waals surface area contributed by atoms with E-state index >= 15 is 0 Å². The van der Waals surface area contributed by atoms with Crippen LogP contribution in [0.25, 0.3) is 0 Å². The minimum Gasteiger partial charge on any atom is -0.480 e. The quantitative estimate of drug-likeness (QED) is 0.480. The van der Waals surface area contributed by atoms with Crippen molar-refractivity contribution in [2.75, 3.05) is 6.54 Å². The lowest BCUT2D eigenvalue weighted by atomic mass is 10.6. The van der Waals surface area contributed by atoms with Gasteiger partial charge in [0.05, 0.1) is 0 Å². The van der Waals surface area contributed by atoms with Gasteiger partial charge in [-0.3, -0.25) is 19.3 Å². The highest BCUT2D eigenvalue weighted by Gasteiger charge is 2.02. The zero-order chi connectivity index (χ0) is 7.28. The van der Waals surface area contributed by atoms with Crippen LogP contribution >= 0.6 is 0 Å². The molecule has 0 aromatic carbocycles. The number of imide groups is 1. The zero-order valence-corrected chi connectivity index (χ0v) is 4.48. The van der Waals surface area contributed by atoms with Gasteiger partial charge in [-0.05, 0) is 0 Å². The predicted octanol–water partition coefficient (Wildman–Crippen LogP) is -1.31. The standard InChI is InChI=1S/C4H5NO4/c6-2-5(3-7)1-4(8)9/h2-3H,1H2,(H,8,9). The Morgan fingerprint density at radius 3 is 2.00 bits per heavy atom. The van der Waals surface area contributed by atoms with Crippen LogP contribution in [0.5, 0.6) is 0 Å². The summed E-state index contributed by atoms with van der Waals surface area (Å²) in [5.41, 5.74) is 0. The molecular formula is C4H5NO4. The molecule has 9 heavy (non-hydrogen) atoms. The monoisotopic (exact) mass is 131 g/mol. The van der Waals surface area contributed by atoms with Crippen LogP contribution < -0.4 is 0 Å². The van der Waals surface area contributed by atoms with Crippen LogP contribution in [-0.2, 0) is 14.4 Å². The van der Waals surface area contributed by atoms with E-state index < -0.39 is 12.5 Å². The van der Waals surface area contributed by atoms with E-state index in [1.54, 1.807) is 0 Å². The van der Waals surface area contributed by atoms with Gasteiger partial charge in [-0.1, -0.05) is 0 Å². The van der Waals surface area contributed by atoms with E-state index in [1.165, 1.54) is 0 Å². The highest BCUT2D eigenvalue weighted by Crippen LogP contribution is 1.73. The third kappa shape index (κ3) is 3.22. The lowest BCUT2D eigenvalue weighted by molar-refractivity contribution is -0.144. The molecule has 0 saturated carbocycles. The summed E-state index contributed by atoms with van der Waals surface area (Å²) < 4.78 is 0. The summed E-state index contributed by atoms with van der Waals surface area (Å²) in [6.07, 6.45) is 0.308. The van der Waals surface area contributed by atoms with Gasteiger partial charge in [0.2, 0.25) is 12.8 Å². The van der Waals surface area contributed by atoms with Crippen molar-refractivity contribution in [2.24, 2.45) is 0 Å². The van der Waals surface area contributed by atoms with Crippen LogP contribution in [0, 0.1) is 0 Å². The van der Waals surface area contributed by atoms with Crippen molar-refractivity contribution in [2.45, 2.75) is 0 Å². The van der Waals surface area contributed by atoms with Gasteiger partial charge in [-0.15, -0.1) is 0 Å². The summed E-state index contributed by atoms with van der Waals surface area (Å²) in [6, 6.07) is 0. The van der Waals surface area contributed by atoms with Crippen molar-refractivity contribution < 1.29 is 19.5 Å². The summed E-state index contributed by atoms with van der Waals surface area (Å²) in [4.78, 5) is 29.7. The minimum absolute atomic E-state index is 0.154. The zero-order valence-electron chi connectivity index (χ0n) is 4.48. The highest BCUT2D eigenvalue weighted by atomic mass is 16.4. The van der Waals surface area contributed by atoms with Crippen molar-refractivity contribution >= 4 is 18.8 Å². The topological polar surface area (TPSA) is 74.7 Å². The van der Waals surface area contributed by atoms with E-state index in [0.29, 0.717) is 4.90 Å². The number of hydrogen-bond donors (Lipinski definition) is 1. The molecule has 0 unspecified atom stereocenters. The molecule has 2 amide bonds. The molecule has 0 aromatic rings. The molecule has 0 aliphatic carbocycles. The second-order valence-corrected chi connectivity index (χ2v) is 1.28. The fourth-order valence-electron chi connectivity index (χ4n) is 0.256. The number of amides is 2. The summed E-state index contributed by atoms with van der Waals surface area (Å²) >= 11 is 0. The Balaban J connectivity index is 3.68. The molecule has 0 saturated heterocycles. The van der Waals surface area contributed by atoms with Gasteiger partial charge in [-0.25, -0.2) is 0 Å². The van der Waals surface area contributed by atoms with Gasteiger partial charge < -0.3 is 5.11 Å². The second-order valence-electron chi connectivity index (χ2n) is 1.28. The second kappa shape index (κ2) is 3.59. The Morgan fingerprint density at radius 1 is 1.44 bits per heavy atom. The fourth-order valence-corrected chi connectivity index (χ4v) is 0.256. The molecule has 0 aliphatic heterocycles. The summed E-state index contributed by atoms with van der Waals surface area (Å²) in [5.74, 6) is -1.21. The first-order valence-electron chi connectivity index (χ1n) is 2.09. The predicted molar refractivity (Wildman–Crippen MR) is 26.5 cm³/mol. The third-order valence-electron chi connectivity index (χ3n) is 0.589. The Kier molecular flexibility index (Phi) is 3.04. The van der Waals surface area contributed by atoms with E-state index in [-0.39, 0.29) is 12.8 Å². The van der Waals surface area contributed by atoms with Gasteiger partial charge in [0.25, 0.3) is 0 Å². The summed E-state index contributed by atoms with van der Waals surface area (Å²) in [7, 11) is 0. The number of carboxylic acid groups (broad SMARTS) is 1. The molecule has 0 radical (unpaired) electrons. The molecule has 0 aromatic heterocycles. The number of carbonyl (C=O) groups excluding carboxylic acids is 2. The van der Waals surface area contributed by atoms with Crippen LogP contribution in [-0.4, -0.2) is 35.3 Å². The minimum atomic E-state index is -1.21. The van der Waals surface area contributed by atoms with Crippen LogP contribution in [0.2, 0.25) is 0 Å². The number of carboxylic acids is 1. The van der Waals surface area contributed by atoms with Crippen molar-refractivity contribution in [3.63, 3.8) is 0 Å². The molecular weight excluding hydrogens is 126 g/mol.